The minimum atomic E-state index is 0. The van der Waals surface area contributed by atoms with Gasteiger partial charge in [0.25, 0.3) is 0 Å². The molecule has 0 aromatic rings. The first-order chi connectivity index (χ1) is 3.95. The lowest BCUT2D eigenvalue weighted by atomic mass is 10.2. The largest absolute Gasteiger partial charge is 0.373 e. The van der Waals surface area contributed by atoms with Crippen molar-refractivity contribution in [3.8, 4) is 0 Å². The van der Waals surface area contributed by atoms with Crippen molar-refractivity contribution in [1.29, 1.82) is 0 Å². The molecule has 0 rings (SSSR count). The van der Waals surface area contributed by atoms with Crippen molar-refractivity contribution in [3.05, 3.63) is 0 Å². The summed E-state index contributed by atoms with van der Waals surface area (Å²) in [6.45, 7) is 10.5. The fourth-order valence-electron chi connectivity index (χ4n) is 0.687. The molecule has 0 aliphatic heterocycles. The first-order valence-corrected chi connectivity index (χ1v) is 3.63. The lowest BCUT2D eigenvalue weighted by Gasteiger charge is -2.23. The van der Waals surface area contributed by atoms with Gasteiger partial charge in [-0.15, -0.1) is 0 Å². The zero-order valence-electron chi connectivity index (χ0n) is 7.19. The maximum atomic E-state index is 5.59. The van der Waals surface area contributed by atoms with Crippen molar-refractivity contribution in [2.45, 2.75) is 60.2 Å². The molecule has 0 radical (unpaired) electrons. The van der Waals surface area contributed by atoms with Crippen LogP contribution in [0.1, 0.15) is 48.5 Å². The Balaban J connectivity index is 0. The lowest BCUT2D eigenvalue weighted by Crippen LogP contribution is -2.24. The Hall–Kier alpha value is -0.0400. The fourth-order valence-corrected chi connectivity index (χ4v) is 0.687. The highest BCUT2D eigenvalue weighted by atomic mass is 16.5. The van der Waals surface area contributed by atoms with E-state index in [0.717, 1.165) is 6.42 Å². The number of ether oxygens (including phenoxy) is 1. The molecule has 0 bridgehead atoms. The van der Waals surface area contributed by atoms with E-state index in [9.17, 15) is 0 Å². The molecule has 0 aliphatic rings. The first kappa shape index (κ1) is 12.6. The molecule has 0 heterocycles. The molecule has 0 aromatic heterocycles. The zero-order chi connectivity index (χ0) is 7.49. The number of hydrogen-bond donors (Lipinski definition) is 0. The Bertz CT molecular complexity index is 71.3. The van der Waals surface area contributed by atoms with Crippen LogP contribution in [0.15, 0.2) is 0 Å². The molecule has 64 valence electrons. The van der Waals surface area contributed by atoms with E-state index in [4.69, 9.17) is 4.74 Å². The van der Waals surface area contributed by atoms with Gasteiger partial charge in [0, 0.05) is 0 Å². The van der Waals surface area contributed by atoms with E-state index in [1.54, 1.807) is 0 Å². The second-order valence-electron chi connectivity index (χ2n) is 3.45. The van der Waals surface area contributed by atoms with E-state index in [1.807, 2.05) is 0 Å². The van der Waals surface area contributed by atoms with Crippen LogP contribution in [0.4, 0.5) is 0 Å². The van der Waals surface area contributed by atoms with Crippen molar-refractivity contribution in [2.24, 2.45) is 0 Å². The number of hydrogen-bond acceptors (Lipinski definition) is 1. The van der Waals surface area contributed by atoms with E-state index in [0.29, 0.717) is 6.10 Å². The highest BCUT2D eigenvalue weighted by Crippen LogP contribution is 2.11. The van der Waals surface area contributed by atoms with Gasteiger partial charge in [0.15, 0.2) is 0 Å². The summed E-state index contributed by atoms with van der Waals surface area (Å²) in [6.07, 6.45) is 1.49. The van der Waals surface area contributed by atoms with Gasteiger partial charge >= 0.3 is 0 Å². The Morgan fingerprint density at radius 2 is 1.70 bits per heavy atom. The third kappa shape index (κ3) is 7.96. The summed E-state index contributed by atoms with van der Waals surface area (Å²) in [5.41, 5.74) is 0.0232. The van der Waals surface area contributed by atoms with Gasteiger partial charge in [-0.1, -0.05) is 14.4 Å². The van der Waals surface area contributed by atoms with Crippen molar-refractivity contribution < 1.29 is 4.74 Å². The summed E-state index contributed by atoms with van der Waals surface area (Å²) in [5, 5.41) is 0. The minimum absolute atomic E-state index is 0. The van der Waals surface area contributed by atoms with Gasteiger partial charge in [0.05, 0.1) is 11.7 Å². The molecule has 1 nitrogen and oxygen atoms in total. The quantitative estimate of drug-likeness (QED) is 0.581. The van der Waals surface area contributed by atoms with Crippen LogP contribution in [-0.4, -0.2) is 11.7 Å². The van der Waals surface area contributed by atoms with E-state index < -0.39 is 0 Å². The van der Waals surface area contributed by atoms with Gasteiger partial charge in [-0.3, -0.25) is 0 Å². The predicted molar refractivity (Wildman–Crippen MR) is 47.3 cm³/mol. The molecule has 0 saturated heterocycles. The molecular formula is C9H22O. The first-order valence-electron chi connectivity index (χ1n) is 3.63. The summed E-state index contributed by atoms with van der Waals surface area (Å²) < 4.78 is 5.59. The topological polar surface area (TPSA) is 9.23 Å². The van der Waals surface area contributed by atoms with Gasteiger partial charge in [-0.05, 0) is 34.1 Å². The van der Waals surface area contributed by atoms with Crippen LogP contribution in [0.2, 0.25) is 0 Å². The van der Waals surface area contributed by atoms with Crippen LogP contribution in [-0.2, 0) is 4.74 Å². The summed E-state index contributed by atoms with van der Waals surface area (Å²) in [4.78, 5) is 0. The highest BCUT2D eigenvalue weighted by molar-refractivity contribution is 4.61. The second kappa shape index (κ2) is 4.73. The van der Waals surface area contributed by atoms with E-state index >= 15 is 0 Å². The van der Waals surface area contributed by atoms with Gasteiger partial charge in [0.1, 0.15) is 0 Å². The highest BCUT2D eigenvalue weighted by Gasteiger charge is 2.12. The molecule has 0 aromatic carbocycles. The predicted octanol–water partition coefficient (Wildman–Crippen LogP) is 3.24. The smallest absolute Gasteiger partial charge is 0.0602 e. The SMILES string of the molecule is C.CCC(C)OC(C)(C)C. The molecule has 1 heteroatoms. The standard InChI is InChI=1S/C8H18O.CH4/c1-6-7(2)9-8(3,4)5;/h7H,6H2,1-5H3;1H4. The van der Waals surface area contributed by atoms with Crippen molar-refractivity contribution in [2.75, 3.05) is 0 Å². The summed E-state index contributed by atoms with van der Waals surface area (Å²) in [5.74, 6) is 0. The van der Waals surface area contributed by atoms with Crippen LogP contribution < -0.4 is 0 Å². The van der Waals surface area contributed by atoms with Crippen LogP contribution >= 0.6 is 0 Å². The average molecular weight is 146 g/mol. The van der Waals surface area contributed by atoms with Gasteiger partial charge in [-0.2, -0.15) is 0 Å². The minimum Gasteiger partial charge on any atom is -0.373 e. The maximum absolute atomic E-state index is 5.59. The summed E-state index contributed by atoms with van der Waals surface area (Å²) in [6, 6.07) is 0. The molecule has 0 N–H and O–H groups in total. The van der Waals surface area contributed by atoms with Gasteiger partial charge < -0.3 is 4.74 Å². The molecule has 0 aliphatic carbocycles. The molecule has 1 atom stereocenters. The molecule has 10 heavy (non-hydrogen) atoms. The zero-order valence-corrected chi connectivity index (χ0v) is 7.19. The molecule has 0 saturated carbocycles. The molecule has 1 unspecified atom stereocenters. The van der Waals surface area contributed by atoms with Crippen LogP contribution in [0.3, 0.4) is 0 Å². The van der Waals surface area contributed by atoms with Gasteiger partial charge in [0.2, 0.25) is 0 Å². The van der Waals surface area contributed by atoms with Crippen LogP contribution in [0, 0.1) is 0 Å². The number of rotatable bonds is 2. The van der Waals surface area contributed by atoms with E-state index in [-0.39, 0.29) is 13.0 Å². The molecule has 0 fully saturated rings. The lowest BCUT2D eigenvalue weighted by molar-refractivity contribution is -0.0521. The van der Waals surface area contributed by atoms with Crippen LogP contribution in [0.5, 0.6) is 0 Å². The second-order valence-corrected chi connectivity index (χ2v) is 3.45. The Morgan fingerprint density at radius 1 is 1.30 bits per heavy atom. The third-order valence-electron chi connectivity index (χ3n) is 1.13. The Morgan fingerprint density at radius 3 is 1.80 bits per heavy atom. The molecule has 0 amide bonds. The normalized spacial score (nSPS) is 14.1. The van der Waals surface area contributed by atoms with Crippen molar-refractivity contribution >= 4 is 0 Å². The summed E-state index contributed by atoms with van der Waals surface area (Å²) in [7, 11) is 0. The Kier molecular flexibility index (Phi) is 5.96. The van der Waals surface area contributed by atoms with E-state index in [1.165, 1.54) is 0 Å². The maximum Gasteiger partial charge on any atom is 0.0602 e. The monoisotopic (exact) mass is 146 g/mol. The van der Waals surface area contributed by atoms with Gasteiger partial charge in [-0.25, -0.2) is 0 Å². The van der Waals surface area contributed by atoms with Crippen LogP contribution in [0.25, 0.3) is 0 Å². The fraction of sp³-hybridized carbons (Fsp3) is 1.00. The molecular weight excluding hydrogens is 124 g/mol. The third-order valence-corrected chi connectivity index (χ3v) is 1.13. The van der Waals surface area contributed by atoms with Crippen molar-refractivity contribution in [1.82, 2.24) is 0 Å². The van der Waals surface area contributed by atoms with Crippen molar-refractivity contribution in [3.63, 3.8) is 0 Å². The Labute approximate surface area is 65.8 Å². The molecule has 0 spiro atoms. The average Bonchev–Trinajstić information content (AvgIpc) is 1.62. The summed E-state index contributed by atoms with van der Waals surface area (Å²) >= 11 is 0. The van der Waals surface area contributed by atoms with E-state index in [2.05, 4.69) is 34.6 Å².